The van der Waals surface area contributed by atoms with Gasteiger partial charge in [0.2, 0.25) is 0 Å². The van der Waals surface area contributed by atoms with Gasteiger partial charge in [0.05, 0.1) is 11.7 Å². The molecule has 25 heavy (non-hydrogen) atoms. The van der Waals surface area contributed by atoms with E-state index in [1.165, 1.54) is 12.1 Å². The van der Waals surface area contributed by atoms with Gasteiger partial charge < -0.3 is 10.2 Å². The SMILES string of the molecule is Cc1n[nH]c(C)c1CCNC(=O)N1CCCCC1c1cccc(F)c1. The number of H-pyrrole nitrogens is 1. The van der Waals surface area contributed by atoms with Crippen LogP contribution in [-0.2, 0) is 6.42 Å². The number of piperidine rings is 1. The first kappa shape index (κ1) is 17.5. The third-order valence-electron chi connectivity index (χ3n) is 4.93. The molecular formula is C19H25FN4O. The van der Waals surface area contributed by atoms with Crippen LogP contribution in [0.25, 0.3) is 0 Å². The van der Waals surface area contributed by atoms with E-state index in [1.54, 1.807) is 6.07 Å². The van der Waals surface area contributed by atoms with Crippen LogP contribution in [0.2, 0.25) is 0 Å². The summed E-state index contributed by atoms with van der Waals surface area (Å²) in [6.07, 6.45) is 3.66. The molecule has 0 radical (unpaired) electrons. The molecular weight excluding hydrogens is 319 g/mol. The van der Waals surface area contributed by atoms with Gasteiger partial charge in [-0.1, -0.05) is 12.1 Å². The van der Waals surface area contributed by atoms with Crippen LogP contribution in [-0.4, -0.2) is 34.2 Å². The molecule has 134 valence electrons. The van der Waals surface area contributed by atoms with E-state index >= 15 is 0 Å². The second-order valence-corrected chi connectivity index (χ2v) is 6.65. The Balaban J connectivity index is 1.63. The summed E-state index contributed by atoms with van der Waals surface area (Å²) in [6, 6.07) is 6.45. The quantitative estimate of drug-likeness (QED) is 0.889. The molecule has 3 rings (SSSR count). The summed E-state index contributed by atoms with van der Waals surface area (Å²) in [5, 5.41) is 10.2. The van der Waals surface area contributed by atoms with Crippen molar-refractivity contribution in [3.05, 3.63) is 52.6 Å². The number of amides is 2. The van der Waals surface area contributed by atoms with Crippen molar-refractivity contribution in [3.8, 4) is 0 Å². The summed E-state index contributed by atoms with van der Waals surface area (Å²) in [4.78, 5) is 14.5. The van der Waals surface area contributed by atoms with E-state index in [0.717, 1.165) is 48.2 Å². The summed E-state index contributed by atoms with van der Waals surface area (Å²) in [7, 11) is 0. The van der Waals surface area contributed by atoms with Crippen molar-refractivity contribution >= 4 is 6.03 Å². The fourth-order valence-corrected chi connectivity index (χ4v) is 3.57. The molecule has 2 aromatic rings. The van der Waals surface area contributed by atoms with Crippen LogP contribution in [0.4, 0.5) is 9.18 Å². The zero-order valence-electron chi connectivity index (χ0n) is 14.8. The van der Waals surface area contributed by atoms with Gasteiger partial charge in [-0.05, 0) is 62.8 Å². The van der Waals surface area contributed by atoms with E-state index < -0.39 is 0 Å². The molecule has 1 fully saturated rings. The average molecular weight is 344 g/mol. The zero-order chi connectivity index (χ0) is 17.8. The third-order valence-corrected chi connectivity index (χ3v) is 4.93. The molecule has 6 heteroatoms. The maximum absolute atomic E-state index is 13.6. The zero-order valence-corrected chi connectivity index (χ0v) is 14.8. The number of benzene rings is 1. The molecule has 1 saturated heterocycles. The molecule has 1 aromatic carbocycles. The minimum atomic E-state index is -0.255. The van der Waals surface area contributed by atoms with E-state index in [1.807, 2.05) is 24.8 Å². The van der Waals surface area contributed by atoms with Crippen LogP contribution in [0.5, 0.6) is 0 Å². The third kappa shape index (κ3) is 4.00. The minimum absolute atomic E-state index is 0.0538. The van der Waals surface area contributed by atoms with Crippen molar-refractivity contribution in [1.29, 1.82) is 0 Å². The summed E-state index contributed by atoms with van der Waals surface area (Å²) in [5.41, 5.74) is 4.04. The van der Waals surface area contributed by atoms with Gasteiger partial charge in [-0.15, -0.1) is 0 Å². The Bertz CT molecular complexity index is 723. The number of halogens is 1. The number of aryl methyl sites for hydroxylation is 2. The van der Waals surface area contributed by atoms with Gasteiger partial charge in [0, 0.05) is 18.8 Å². The van der Waals surface area contributed by atoms with Gasteiger partial charge in [-0.2, -0.15) is 5.10 Å². The molecule has 1 aliphatic heterocycles. The first-order valence-corrected chi connectivity index (χ1v) is 8.86. The number of hydrogen-bond donors (Lipinski definition) is 2. The number of carbonyl (C=O) groups is 1. The number of nitrogens with one attached hydrogen (secondary N) is 2. The molecule has 1 aliphatic rings. The molecule has 0 bridgehead atoms. The largest absolute Gasteiger partial charge is 0.338 e. The second kappa shape index (κ2) is 7.68. The lowest BCUT2D eigenvalue weighted by molar-refractivity contribution is 0.151. The van der Waals surface area contributed by atoms with Gasteiger partial charge in [0.1, 0.15) is 5.82 Å². The second-order valence-electron chi connectivity index (χ2n) is 6.65. The maximum Gasteiger partial charge on any atom is 0.317 e. The molecule has 0 saturated carbocycles. The summed E-state index contributed by atoms with van der Waals surface area (Å²) >= 11 is 0. The van der Waals surface area contributed by atoms with Gasteiger partial charge in [-0.25, -0.2) is 9.18 Å². The Hall–Kier alpha value is -2.37. The van der Waals surface area contributed by atoms with Crippen molar-refractivity contribution in [1.82, 2.24) is 20.4 Å². The van der Waals surface area contributed by atoms with E-state index in [4.69, 9.17) is 0 Å². The highest BCUT2D eigenvalue weighted by molar-refractivity contribution is 5.75. The monoisotopic (exact) mass is 344 g/mol. The number of aromatic nitrogens is 2. The van der Waals surface area contributed by atoms with Crippen molar-refractivity contribution in [2.45, 2.75) is 45.6 Å². The van der Waals surface area contributed by atoms with Crippen LogP contribution in [0.15, 0.2) is 24.3 Å². The molecule has 1 aromatic heterocycles. The first-order valence-electron chi connectivity index (χ1n) is 8.86. The highest BCUT2D eigenvalue weighted by Gasteiger charge is 2.28. The van der Waals surface area contributed by atoms with Crippen molar-refractivity contribution in [2.24, 2.45) is 0 Å². The van der Waals surface area contributed by atoms with Crippen LogP contribution in [0, 0.1) is 19.7 Å². The van der Waals surface area contributed by atoms with Crippen molar-refractivity contribution in [2.75, 3.05) is 13.1 Å². The number of hydrogen-bond acceptors (Lipinski definition) is 2. The molecule has 0 spiro atoms. The Morgan fingerprint density at radius 2 is 2.24 bits per heavy atom. The highest BCUT2D eigenvalue weighted by atomic mass is 19.1. The Labute approximate surface area is 147 Å². The van der Waals surface area contributed by atoms with Crippen LogP contribution in [0.3, 0.4) is 0 Å². The molecule has 2 heterocycles. The van der Waals surface area contributed by atoms with Crippen LogP contribution < -0.4 is 5.32 Å². The normalized spacial score (nSPS) is 17.6. The van der Waals surface area contributed by atoms with Gasteiger partial charge in [0.25, 0.3) is 0 Å². The standard InChI is InChI=1S/C19H25FN4O/c1-13-17(14(2)23-22-13)9-10-21-19(25)24-11-4-3-8-18(24)15-6-5-7-16(20)12-15/h5-7,12,18H,3-4,8-11H2,1-2H3,(H,21,25)(H,22,23). The van der Waals surface area contributed by atoms with Crippen molar-refractivity contribution < 1.29 is 9.18 Å². The number of aromatic amines is 1. The summed E-state index contributed by atoms with van der Waals surface area (Å²) < 4.78 is 13.6. The first-order chi connectivity index (χ1) is 12.1. The number of urea groups is 1. The Morgan fingerprint density at radius 1 is 1.40 bits per heavy atom. The number of nitrogens with zero attached hydrogens (tertiary/aromatic N) is 2. The average Bonchev–Trinajstić information content (AvgIpc) is 2.93. The molecule has 0 aliphatic carbocycles. The van der Waals surface area contributed by atoms with Crippen molar-refractivity contribution in [3.63, 3.8) is 0 Å². The lowest BCUT2D eigenvalue weighted by Gasteiger charge is -2.36. The van der Waals surface area contributed by atoms with Crippen LogP contribution in [0.1, 0.15) is 47.8 Å². The molecule has 1 atom stereocenters. The fraction of sp³-hybridized carbons (Fsp3) is 0.474. The van der Waals surface area contributed by atoms with Gasteiger partial charge >= 0.3 is 6.03 Å². The lowest BCUT2D eigenvalue weighted by atomic mass is 9.95. The van der Waals surface area contributed by atoms with E-state index in [0.29, 0.717) is 13.1 Å². The highest BCUT2D eigenvalue weighted by Crippen LogP contribution is 2.31. The minimum Gasteiger partial charge on any atom is -0.338 e. The maximum atomic E-state index is 13.6. The lowest BCUT2D eigenvalue weighted by Crippen LogP contribution is -2.45. The number of rotatable bonds is 4. The molecule has 2 N–H and O–H groups in total. The van der Waals surface area contributed by atoms with Crippen LogP contribution >= 0.6 is 0 Å². The predicted molar refractivity (Wildman–Crippen MR) is 94.9 cm³/mol. The molecule has 1 unspecified atom stereocenters. The topological polar surface area (TPSA) is 61.0 Å². The smallest absolute Gasteiger partial charge is 0.317 e. The fourth-order valence-electron chi connectivity index (χ4n) is 3.57. The molecule has 5 nitrogen and oxygen atoms in total. The summed E-state index contributed by atoms with van der Waals surface area (Å²) in [5.74, 6) is -0.255. The van der Waals surface area contributed by atoms with E-state index in [-0.39, 0.29) is 17.9 Å². The number of likely N-dealkylation sites (tertiary alicyclic amines) is 1. The van der Waals surface area contributed by atoms with Gasteiger partial charge in [0.15, 0.2) is 0 Å². The predicted octanol–water partition coefficient (Wildman–Crippen LogP) is 3.64. The van der Waals surface area contributed by atoms with E-state index in [2.05, 4.69) is 15.5 Å². The number of carbonyl (C=O) groups excluding carboxylic acids is 1. The Kier molecular flexibility index (Phi) is 5.36. The summed E-state index contributed by atoms with van der Waals surface area (Å²) in [6.45, 7) is 5.22. The van der Waals surface area contributed by atoms with Gasteiger partial charge in [-0.3, -0.25) is 5.10 Å². The molecule has 2 amide bonds. The van der Waals surface area contributed by atoms with E-state index in [9.17, 15) is 9.18 Å². The Morgan fingerprint density at radius 3 is 2.96 bits per heavy atom.